The van der Waals surface area contributed by atoms with E-state index in [0.29, 0.717) is 11.6 Å². The Balaban J connectivity index is 1.93. The Morgan fingerprint density at radius 1 is 1.45 bits per heavy atom. The van der Waals surface area contributed by atoms with E-state index in [0.717, 1.165) is 25.0 Å². The molecule has 120 valence electrons. The summed E-state index contributed by atoms with van der Waals surface area (Å²) < 4.78 is 5.47. The minimum absolute atomic E-state index is 0.106. The molecule has 0 bridgehead atoms. The van der Waals surface area contributed by atoms with Crippen LogP contribution in [-0.4, -0.2) is 31.1 Å². The summed E-state index contributed by atoms with van der Waals surface area (Å²) in [6, 6.07) is 6.78. The molecule has 0 aromatic heterocycles. The molecule has 6 heteroatoms. The highest BCUT2D eigenvalue weighted by Crippen LogP contribution is 2.20. The van der Waals surface area contributed by atoms with E-state index in [-0.39, 0.29) is 30.4 Å². The van der Waals surface area contributed by atoms with Gasteiger partial charge in [0.1, 0.15) is 0 Å². The number of halogens is 1. The standard InChI is InChI=1S/C16H21ClN2O3/c1-11(20)19-15(12-4-2-5-13(17)8-12)9-16(21)18-10-14-6-3-7-22-14/h2,4-5,8,14-15H,3,6-7,9-10H2,1H3,(H,18,21)(H,19,20). The molecule has 2 rings (SSSR count). The van der Waals surface area contributed by atoms with Crippen LogP contribution in [0.1, 0.15) is 37.8 Å². The van der Waals surface area contributed by atoms with Gasteiger partial charge >= 0.3 is 0 Å². The first kappa shape index (κ1) is 16.8. The first-order valence-electron chi connectivity index (χ1n) is 7.45. The largest absolute Gasteiger partial charge is 0.376 e. The number of amides is 2. The number of carbonyl (C=O) groups excluding carboxylic acids is 2. The Labute approximate surface area is 135 Å². The predicted molar refractivity (Wildman–Crippen MR) is 84.6 cm³/mol. The van der Waals surface area contributed by atoms with Crippen molar-refractivity contribution in [1.82, 2.24) is 10.6 Å². The molecule has 0 aliphatic carbocycles. The van der Waals surface area contributed by atoms with Gasteiger partial charge in [-0.3, -0.25) is 9.59 Å². The molecule has 2 N–H and O–H groups in total. The molecular weight excluding hydrogens is 304 g/mol. The molecule has 2 atom stereocenters. The van der Waals surface area contributed by atoms with Gasteiger partial charge in [0.15, 0.2) is 0 Å². The highest BCUT2D eigenvalue weighted by Gasteiger charge is 2.20. The number of nitrogens with one attached hydrogen (secondary N) is 2. The molecule has 2 unspecified atom stereocenters. The summed E-state index contributed by atoms with van der Waals surface area (Å²) in [6.07, 6.45) is 2.29. The summed E-state index contributed by atoms with van der Waals surface area (Å²) in [5, 5.41) is 6.23. The molecule has 0 radical (unpaired) electrons. The van der Waals surface area contributed by atoms with E-state index in [4.69, 9.17) is 16.3 Å². The smallest absolute Gasteiger partial charge is 0.222 e. The summed E-state index contributed by atoms with van der Waals surface area (Å²) in [5.41, 5.74) is 0.815. The Kier molecular flexibility index (Phi) is 6.21. The van der Waals surface area contributed by atoms with Gasteiger partial charge in [0.05, 0.1) is 18.6 Å². The zero-order valence-electron chi connectivity index (χ0n) is 12.6. The normalized spacial score (nSPS) is 18.7. The van der Waals surface area contributed by atoms with Crippen molar-refractivity contribution in [2.75, 3.05) is 13.2 Å². The highest BCUT2D eigenvalue weighted by atomic mass is 35.5. The van der Waals surface area contributed by atoms with Crippen LogP contribution < -0.4 is 10.6 Å². The number of hydrogen-bond acceptors (Lipinski definition) is 3. The first-order valence-corrected chi connectivity index (χ1v) is 7.83. The molecule has 1 aromatic carbocycles. The second kappa shape index (κ2) is 8.15. The number of carbonyl (C=O) groups is 2. The average molecular weight is 325 g/mol. The van der Waals surface area contributed by atoms with Crippen LogP contribution in [0.4, 0.5) is 0 Å². The fourth-order valence-corrected chi connectivity index (χ4v) is 2.71. The van der Waals surface area contributed by atoms with Crippen LogP contribution >= 0.6 is 11.6 Å². The first-order chi connectivity index (χ1) is 10.5. The van der Waals surface area contributed by atoms with Gasteiger partial charge in [-0.2, -0.15) is 0 Å². The van der Waals surface area contributed by atoms with E-state index < -0.39 is 0 Å². The maximum atomic E-state index is 12.1. The second-order valence-corrected chi connectivity index (χ2v) is 5.89. The van der Waals surface area contributed by atoms with E-state index in [1.807, 2.05) is 6.07 Å². The zero-order valence-corrected chi connectivity index (χ0v) is 13.4. The van der Waals surface area contributed by atoms with Gasteiger partial charge in [-0.1, -0.05) is 23.7 Å². The molecule has 1 saturated heterocycles. The van der Waals surface area contributed by atoms with Gasteiger partial charge < -0.3 is 15.4 Å². The molecule has 1 aliphatic rings. The topological polar surface area (TPSA) is 67.4 Å². The van der Waals surface area contributed by atoms with Crippen molar-refractivity contribution in [2.24, 2.45) is 0 Å². The summed E-state index contributed by atoms with van der Waals surface area (Å²) in [6.45, 7) is 2.71. The van der Waals surface area contributed by atoms with Crippen molar-refractivity contribution in [1.29, 1.82) is 0 Å². The van der Waals surface area contributed by atoms with E-state index in [2.05, 4.69) is 10.6 Å². The van der Waals surface area contributed by atoms with E-state index >= 15 is 0 Å². The Hall–Kier alpha value is -1.59. The third kappa shape index (κ3) is 5.31. The minimum Gasteiger partial charge on any atom is -0.376 e. The van der Waals surface area contributed by atoms with Gasteiger partial charge in [0, 0.05) is 25.1 Å². The number of ether oxygens (including phenoxy) is 1. The highest BCUT2D eigenvalue weighted by molar-refractivity contribution is 6.30. The minimum atomic E-state index is -0.388. The average Bonchev–Trinajstić information content (AvgIpc) is 2.97. The lowest BCUT2D eigenvalue weighted by atomic mass is 10.0. The fraction of sp³-hybridized carbons (Fsp3) is 0.500. The third-order valence-corrected chi connectivity index (χ3v) is 3.80. The van der Waals surface area contributed by atoms with Crippen molar-refractivity contribution in [2.45, 2.75) is 38.3 Å². The molecule has 0 spiro atoms. The zero-order chi connectivity index (χ0) is 15.9. The van der Waals surface area contributed by atoms with Gasteiger partial charge in [0.2, 0.25) is 11.8 Å². The molecule has 1 aromatic rings. The lowest BCUT2D eigenvalue weighted by Gasteiger charge is -2.19. The monoisotopic (exact) mass is 324 g/mol. The van der Waals surface area contributed by atoms with Crippen molar-refractivity contribution >= 4 is 23.4 Å². The van der Waals surface area contributed by atoms with E-state index in [1.165, 1.54) is 6.92 Å². The summed E-state index contributed by atoms with van der Waals surface area (Å²) in [5.74, 6) is -0.300. The summed E-state index contributed by atoms with van der Waals surface area (Å²) in [7, 11) is 0. The van der Waals surface area contributed by atoms with Crippen LogP contribution in [0.25, 0.3) is 0 Å². The maximum absolute atomic E-state index is 12.1. The van der Waals surface area contributed by atoms with E-state index in [1.54, 1.807) is 18.2 Å². The van der Waals surface area contributed by atoms with Gasteiger partial charge in [-0.15, -0.1) is 0 Å². The van der Waals surface area contributed by atoms with Crippen LogP contribution in [0.15, 0.2) is 24.3 Å². The van der Waals surface area contributed by atoms with Gasteiger partial charge in [-0.05, 0) is 30.5 Å². The van der Waals surface area contributed by atoms with Crippen molar-refractivity contribution in [3.8, 4) is 0 Å². The number of hydrogen-bond donors (Lipinski definition) is 2. The SMILES string of the molecule is CC(=O)NC(CC(=O)NCC1CCCO1)c1cccc(Cl)c1. The Morgan fingerprint density at radius 3 is 2.91 bits per heavy atom. The van der Waals surface area contributed by atoms with Crippen LogP contribution in [0.3, 0.4) is 0 Å². The lowest BCUT2D eigenvalue weighted by molar-refractivity contribution is -0.123. The fourth-order valence-electron chi connectivity index (χ4n) is 2.51. The van der Waals surface area contributed by atoms with Crippen LogP contribution in [-0.2, 0) is 14.3 Å². The number of benzene rings is 1. The number of rotatable bonds is 6. The van der Waals surface area contributed by atoms with E-state index in [9.17, 15) is 9.59 Å². The Bertz CT molecular complexity index is 530. The molecular formula is C16H21ClN2O3. The lowest BCUT2D eigenvalue weighted by Crippen LogP contribution is -2.36. The van der Waals surface area contributed by atoms with Crippen LogP contribution in [0.2, 0.25) is 5.02 Å². The molecule has 0 saturated carbocycles. The molecule has 1 aliphatic heterocycles. The summed E-state index contributed by atoms with van der Waals surface area (Å²) in [4.78, 5) is 23.5. The third-order valence-electron chi connectivity index (χ3n) is 3.57. The molecule has 2 amide bonds. The second-order valence-electron chi connectivity index (χ2n) is 5.45. The van der Waals surface area contributed by atoms with Crippen LogP contribution in [0.5, 0.6) is 0 Å². The van der Waals surface area contributed by atoms with Gasteiger partial charge in [0.25, 0.3) is 0 Å². The summed E-state index contributed by atoms with van der Waals surface area (Å²) >= 11 is 5.98. The molecule has 1 fully saturated rings. The quantitative estimate of drug-likeness (QED) is 0.843. The van der Waals surface area contributed by atoms with Crippen molar-refractivity contribution in [3.63, 3.8) is 0 Å². The Morgan fingerprint density at radius 2 is 2.27 bits per heavy atom. The maximum Gasteiger partial charge on any atom is 0.222 e. The van der Waals surface area contributed by atoms with Crippen molar-refractivity contribution < 1.29 is 14.3 Å². The van der Waals surface area contributed by atoms with Crippen molar-refractivity contribution in [3.05, 3.63) is 34.9 Å². The van der Waals surface area contributed by atoms with Gasteiger partial charge in [-0.25, -0.2) is 0 Å². The molecule has 22 heavy (non-hydrogen) atoms. The van der Waals surface area contributed by atoms with Crippen LogP contribution in [0, 0.1) is 0 Å². The predicted octanol–water partition coefficient (Wildman–Crippen LogP) is 2.20. The molecule has 1 heterocycles. The molecule has 5 nitrogen and oxygen atoms in total.